The molecule has 1 aromatic heterocycles. The molecule has 0 aliphatic carbocycles. The second kappa shape index (κ2) is 15.8. The minimum atomic E-state index is 0.840. The molecule has 0 spiro atoms. The Hall–Kier alpha value is -6.90. The maximum absolute atomic E-state index is 6.59. The van der Waals surface area contributed by atoms with E-state index in [2.05, 4.69) is 177 Å². The molecule has 0 N–H and O–H groups in total. The van der Waals surface area contributed by atoms with Gasteiger partial charge in [0.2, 0.25) is 0 Å². The fraction of sp³-hybridized carbons (Fsp3) is 0. The van der Waals surface area contributed by atoms with Gasteiger partial charge >= 0.3 is 0 Å². The summed E-state index contributed by atoms with van der Waals surface area (Å²) in [6.07, 6.45) is 24.1. The van der Waals surface area contributed by atoms with Crippen LogP contribution in [0.25, 0.3) is 60.7 Å². The van der Waals surface area contributed by atoms with E-state index in [1.807, 2.05) is 42.5 Å². The van der Waals surface area contributed by atoms with Crippen LogP contribution in [0.2, 0.25) is 0 Å². The number of fused-ring (bicyclic) bond motifs is 5. The highest BCUT2D eigenvalue weighted by Gasteiger charge is 2.12. The molecule has 0 aliphatic rings. The molecule has 0 amide bonds. The molecule has 0 unspecified atom stereocenters. The highest BCUT2D eigenvalue weighted by Crippen LogP contribution is 2.35. The summed E-state index contributed by atoms with van der Waals surface area (Å²) in [5.41, 5.74) is 7.85. The Morgan fingerprint density at radius 2 is 1.27 bits per heavy atom. The van der Waals surface area contributed by atoms with E-state index in [0.29, 0.717) is 0 Å². The standard InChI is InChI=1S/C50H39NO/c1-4-7-26-46(34-45-24-15-27-47-48-35-42-22-13-14-23-43(42)36-49(48)52-50(45)47)51(32-30-38(17-5-2)39-18-9-8-10-19-39)31-16-25-37(6-3)44-29-28-40-20-11-12-21-41(40)33-44/h4-36H,1-3H2/b26-7-,31-16+,32-30+,37-25+,38-17+,46-34-. The van der Waals surface area contributed by atoms with E-state index in [1.165, 1.54) is 16.2 Å². The predicted molar refractivity (Wildman–Crippen MR) is 225 cm³/mol. The molecule has 7 rings (SSSR count). The van der Waals surface area contributed by atoms with Crippen molar-refractivity contribution in [3.05, 3.63) is 237 Å². The quantitative estimate of drug-likeness (QED) is 0.120. The first kappa shape index (κ1) is 33.6. The number of allylic oxidation sites excluding steroid dienone is 11. The lowest BCUT2D eigenvalue weighted by atomic mass is 10.0. The van der Waals surface area contributed by atoms with Gasteiger partial charge in [0.15, 0.2) is 0 Å². The Kier molecular flexibility index (Phi) is 10.2. The Bertz CT molecular complexity index is 2620. The molecule has 52 heavy (non-hydrogen) atoms. The number of rotatable bonds is 12. The van der Waals surface area contributed by atoms with Gasteiger partial charge in [-0.05, 0) is 86.3 Å². The molecule has 0 fully saturated rings. The fourth-order valence-corrected chi connectivity index (χ4v) is 6.43. The molecular weight excluding hydrogens is 631 g/mol. The molecule has 7 aromatic rings. The van der Waals surface area contributed by atoms with Crippen LogP contribution in [-0.4, -0.2) is 4.90 Å². The molecule has 0 radical (unpaired) electrons. The molecule has 1 heterocycles. The van der Waals surface area contributed by atoms with E-state index in [9.17, 15) is 0 Å². The number of furan rings is 1. The minimum Gasteiger partial charge on any atom is -0.455 e. The Morgan fingerprint density at radius 1 is 0.538 bits per heavy atom. The molecule has 2 heteroatoms. The maximum atomic E-state index is 6.59. The lowest BCUT2D eigenvalue weighted by molar-refractivity contribution is 0.655. The van der Waals surface area contributed by atoms with Gasteiger partial charge in [-0.15, -0.1) is 0 Å². The average molecular weight is 670 g/mol. The summed E-state index contributed by atoms with van der Waals surface area (Å²) in [7, 11) is 0. The average Bonchev–Trinajstić information content (AvgIpc) is 3.56. The van der Waals surface area contributed by atoms with E-state index in [-0.39, 0.29) is 0 Å². The highest BCUT2D eigenvalue weighted by molar-refractivity contribution is 6.11. The van der Waals surface area contributed by atoms with Crippen LogP contribution >= 0.6 is 0 Å². The first-order valence-corrected chi connectivity index (χ1v) is 17.3. The zero-order valence-electron chi connectivity index (χ0n) is 29.0. The van der Waals surface area contributed by atoms with Crippen LogP contribution in [0.1, 0.15) is 16.7 Å². The third kappa shape index (κ3) is 7.33. The largest absolute Gasteiger partial charge is 0.455 e. The summed E-state index contributed by atoms with van der Waals surface area (Å²) >= 11 is 0. The second-order valence-corrected chi connectivity index (χ2v) is 12.4. The lowest BCUT2D eigenvalue weighted by Gasteiger charge is -2.18. The van der Waals surface area contributed by atoms with Crippen molar-refractivity contribution in [1.82, 2.24) is 4.90 Å². The molecular formula is C50H39NO. The minimum absolute atomic E-state index is 0.840. The molecule has 6 aromatic carbocycles. The van der Waals surface area contributed by atoms with Crippen molar-refractivity contribution in [2.45, 2.75) is 0 Å². The van der Waals surface area contributed by atoms with Crippen LogP contribution in [0.5, 0.6) is 0 Å². The highest BCUT2D eigenvalue weighted by atomic mass is 16.3. The third-order valence-corrected chi connectivity index (χ3v) is 9.04. The molecule has 0 aliphatic heterocycles. The molecule has 2 nitrogen and oxygen atoms in total. The van der Waals surface area contributed by atoms with Gasteiger partial charge < -0.3 is 9.32 Å². The molecule has 0 bridgehead atoms. The van der Waals surface area contributed by atoms with Crippen molar-refractivity contribution >= 4 is 60.7 Å². The summed E-state index contributed by atoms with van der Waals surface area (Å²) in [4.78, 5) is 2.10. The summed E-state index contributed by atoms with van der Waals surface area (Å²) < 4.78 is 6.59. The van der Waals surface area contributed by atoms with Gasteiger partial charge in [0.25, 0.3) is 0 Å². The fourth-order valence-electron chi connectivity index (χ4n) is 6.43. The van der Waals surface area contributed by atoms with Crippen LogP contribution in [0.15, 0.2) is 224 Å². The monoisotopic (exact) mass is 669 g/mol. The zero-order chi connectivity index (χ0) is 35.7. The maximum Gasteiger partial charge on any atom is 0.142 e. The number of hydrogen-bond donors (Lipinski definition) is 0. The zero-order valence-corrected chi connectivity index (χ0v) is 29.0. The van der Waals surface area contributed by atoms with Crippen LogP contribution < -0.4 is 0 Å². The smallest absolute Gasteiger partial charge is 0.142 e. The van der Waals surface area contributed by atoms with Crippen molar-refractivity contribution in [3.63, 3.8) is 0 Å². The predicted octanol–water partition coefficient (Wildman–Crippen LogP) is 13.8. The summed E-state index contributed by atoms with van der Waals surface area (Å²) in [6.45, 7) is 12.1. The van der Waals surface area contributed by atoms with Gasteiger partial charge in [-0.25, -0.2) is 0 Å². The van der Waals surface area contributed by atoms with Crippen molar-refractivity contribution in [2.75, 3.05) is 0 Å². The van der Waals surface area contributed by atoms with Crippen LogP contribution in [0, 0.1) is 0 Å². The van der Waals surface area contributed by atoms with E-state index in [4.69, 9.17) is 4.42 Å². The first-order chi connectivity index (χ1) is 25.6. The second-order valence-electron chi connectivity index (χ2n) is 12.4. The lowest BCUT2D eigenvalue weighted by Crippen LogP contribution is -2.07. The third-order valence-electron chi connectivity index (χ3n) is 9.04. The first-order valence-electron chi connectivity index (χ1n) is 17.3. The number of para-hydroxylation sites is 1. The Labute approximate surface area is 305 Å². The molecule has 0 saturated heterocycles. The Morgan fingerprint density at radius 3 is 2.02 bits per heavy atom. The molecule has 0 atom stereocenters. The topological polar surface area (TPSA) is 16.4 Å². The van der Waals surface area contributed by atoms with Crippen molar-refractivity contribution < 1.29 is 4.42 Å². The summed E-state index contributed by atoms with van der Waals surface area (Å²) in [6, 6.07) is 44.3. The van der Waals surface area contributed by atoms with Crippen molar-refractivity contribution in [1.29, 1.82) is 0 Å². The number of nitrogens with zero attached hydrogens (tertiary/aromatic N) is 1. The van der Waals surface area contributed by atoms with E-state index < -0.39 is 0 Å². The van der Waals surface area contributed by atoms with Crippen LogP contribution in [0.3, 0.4) is 0 Å². The van der Waals surface area contributed by atoms with Gasteiger partial charge in [0.05, 0.1) is 0 Å². The van der Waals surface area contributed by atoms with Crippen LogP contribution in [0.4, 0.5) is 0 Å². The van der Waals surface area contributed by atoms with E-state index in [0.717, 1.165) is 60.9 Å². The van der Waals surface area contributed by atoms with Crippen molar-refractivity contribution in [3.8, 4) is 0 Å². The van der Waals surface area contributed by atoms with Crippen molar-refractivity contribution in [2.24, 2.45) is 0 Å². The normalized spacial score (nSPS) is 13.0. The number of hydrogen-bond acceptors (Lipinski definition) is 2. The van der Waals surface area contributed by atoms with Gasteiger partial charge in [-0.1, -0.05) is 165 Å². The SMILES string of the molecule is C=C/C=C\C(=C\c1cccc2c1oc1cc3ccccc3cc12)N(/C=C/C=C(\C=C)c1ccc2ccccc2c1)/C=C/C(=C\C=C)c1ccccc1. The van der Waals surface area contributed by atoms with E-state index >= 15 is 0 Å². The number of benzene rings is 6. The molecule has 250 valence electrons. The summed E-state index contributed by atoms with van der Waals surface area (Å²) in [5, 5.41) is 6.91. The molecule has 0 saturated carbocycles. The van der Waals surface area contributed by atoms with E-state index in [1.54, 1.807) is 6.08 Å². The van der Waals surface area contributed by atoms with Gasteiger partial charge in [0.1, 0.15) is 11.2 Å². The van der Waals surface area contributed by atoms with Gasteiger partial charge in [-0.3, -0.25) is 0 Å². The summed E-state index contributed by atoms with van der Waals surface area (Å²) in [5.74, 6) is 0. The van der Waals surface area contributed by atoms with Crippen LogP contribution in [-0.2, 0) is 0 Å². The van der Waals surface area contributed by atoms with Gasteiger partial charge in [-0.2, -0.15) is 0 Å². The Balaban J connectivity index is 1.34. The van der Waals surface area contributed by atoms with Gasteiger partial charge in [0, 0.05) is 34.4 Å².